The first-order chi connectivity index (χ1) is 22.2. The fourth-order valence-electron chi connectivity index (χ4n) is 7.74. The molecule has 2 unspecified atom stereocenters. The molecule has 0 N–H and O–H groups in total. The summed E-state index contributed by atoms with van der Waals surface area (Å²) in [6, 6.07) is 14.0. The minimum atomic E-state index is -0.439. The molecule has 2 aliphatic rings. The van der Waals surface area contributed by atoms with Crippen LogP contribution in [0.3, 0.4) is 0 Å². The van der Waals surface area contributed by atoms with Gasteiger partial charge in [-0.25, -0.2) is 0 Å². The van der Waals surface area contributed by atoms with Crippen molar-refractivity contribution in [3.63, 3.8) is 0 Å². The standard InChI is InChI=1S/C38H32N4O4/c1-5-7-9-19(3)41-35(43)25-13-11-23-30-22(18-40)16-28-32-26(36(44)42(38(28)46)20(4)10-8-6-2)14-12-24(34(30)32)29-21(17-39)15-27(37(41)45)31(25)33(23)29/h11-16,19-20H,5-10H2,1-4H3. The van der Waals surface area contributed by atoms with Crippen molar-refractivity contribution < 1.29 is 19.2 Å². The number of carbonyl (C=O) groups is 4. The summed E-state index contributed by atoms with van der Waals surface area (Å²) in [7, 11) is 0. The van der Waals surface area contributed by atoms with E-state index < -0.39 is 11.8 Å². The first kappa shape index (κ1) is 29.4. The second-order valence-corrected chi connectivity index (χ2v) is 12.7. The Hall–Kier alpha value is -5.34. The molecule has 0 aliphatic carbocycles. The van der Waals surface area contributed by atoms with Gasteiger partial charge in [0.25, 0.3) is 23.6 Å². The smallest absolute Gasteiger partial charge is 0.261 e. The second kappa shape index (κ2) is 10.6. The summed E-state index contributed by atoms with van der Waals surface area (Å²) in [4.78, 5) is 58.5. The van der Waals surface area contributed by atoms with Gasteiger partial charge in [-0.1, -0.05) is 51.7 Å². The van der Waals surface area contributed by atoms with Crippen molar-refractivity contribution in [1.29, 1.82) is 10.5 Å². The van der Waals surface area contributed by atoms with Crippen LogP contribution < -0.4 is 0 Å². The Bertz CT molecular complexity index is 2130. The van der Waals surface area contributed by atoms with E-state index in [2.05, 4.69) is 26.0 Å². The predicted molar refractivity (Wildman–Crippen MR) is 176 cm³/mol. The number of hydrogen-bond acceptors (Lipinski definition) is 6. The molecule has 0 saturated heterocycles. The predicted octanol–water partition coefficient (Wildman–Crippen LogP) is 7.83. The van der Waals surface area contributed by atoms with Crippen LogP contribution in [0.15, 0.2) is 36.4 Å². The minimum Gasteiger partial charge on any atom is -0.272 e. The lowest BCUT2D eigenvalue weighted by molar-refractivity contribution is 0.0527. The number of carbonyl (C=O) groups excluding carboxylic acids is 4. The topological polar surface area (TPSA) is 122 Å². The van der Waals surface area contributed by atoms with E-state index in [0.717, 1.165) is 25.7 Å². The van der Waals surface area contributed by atoms with Gasteiger partial charge in [-0.3, -0.25) is 29.0 Å². The highest BCUT2D eigenvalue weighted by molar-refractivity contribution is 6.42. The molecule has 0 bridgehead atoms. The SMILES string of the molecule is CCCCC(C)N1C(=O)c2ccc3c4c(C#N)cc5c6c(ccc(c7c(C#N)cc(c2c37)C1=O)c64)C(=O)N(C(C)CCCC)C5=O. The van der Waals surface area contributed by atoms with Gasteiger partial charge in [0.15, 0.2) is 0 Å². The van der Waals surface area contributed by atoms with Crippen LogP contribution in [0.5, 0.6) is 0 Å². The lowest BCUT2D eigenvalue weighted by atomic mass is 9.79. The first-order valence-electron chi connectivity index (χ1n) is 16.0. The van der Waals surface area contributed by atoms with Crippen molar-refractivity contribution in [3.05, 3.63) is 69.8 Å². The maximum absolute atomic E-state index is 14.0. The van der Waals surface area contributed by atoms with E-state index >= 15 is 0 Å². The molecule has 8 nitrogen and oxygen atoms in total. The Kier molecular flexibility index (Phi) is 6.79. The fraction of sp³-hybridized carbons (Fsp3) is 0.316. The number of nitriles is 2. The third kappa shape index (κ3) is 3.77. The highest BCUT2D eigenvalue weighted by Gasteiger charge is 2.40. The van der Waals surface area contributed by atoms with Gasteiger partial charge in [-0.05, 0) is 61.7 Å². The molecule has 2 heterocycles. The van der Waals surface area contributed by atoms with Crippen LogP contribution in [0, 0.1) is 22.7 Å². The molecule has 46 heavy (non-hydrogen) atoms. The van der Waals surface area contributed by atoms with Gasteiger partial charge in [0.1, 0.15) is 0 Å². The lowest BCUT2D eigenvalue weighted by Crippen LogP contribution is -2.46. The van der Waals surface area contributed by atoms with E-state index in [-0.39, 0.29) is 46.2 Å². The molecule has 4 amide bonds. The summed E-state index contributed by atoms with van der Waals surface area (Å²) in [6.45, 7) is 7.85. The Morgan fingerprint density at radius 1 is 0.565 bits per heavy atom. The summed E-state index contributed by atoms with van der Waals surface area (Å²) in [5.74, 6) is -1.64. The van der Waals surface area contributed by atoms with Crippen molar-refractivity contribution in [3.8, 4) is 12.1 Å². The van der Waals surface area contributed by atoms with Crippen LogP contribution in [0.2, 0.25) is 0 Å². The molecule has 5 aromatic carbocycles. The van der Waals surface area contributed by atoms with E-state index in [4.69, 9.17) is 0 Å². The van der Waals surface area contributed by atoms with Gasteiger partial charge in [0.2, 0.25) is 0 Å². The van der Waals surface area contributed by atoms with Crippen LogP contribution in [0.4, 0.5) is 0 Å². The van der Waals surface area contributed by atoms with Crippen LogP contribution in [0.1, 0.15) is 119 Å². The zero-order valence-corrected chi connectivity index (χ0v) is 26.3. The molecule has 0 spiro atoms. The molecule has 5 aromatic rings. The highest BCUT2D eigenvalue weighted by atomic mass is 16.2. The quantitative estimate of drug-likeness (QED) is 0.101. The average molecular weight is 609 g/mol. The average Bonchev–Trinajstić information content (AvgIpc) is 3.06. The summed E-state index contributed by atoms with van der Waals surface area (Å²) in [5.41, 5.74) is 1.80. The monoisotopic (exact) mass is 608 g/mol. The van der Waals surface area contributed by atoms with E-state index in [9.17, 15) is 29.7 Å². The van der Waals surface area contributed by atoms with Crippen molar-refractivity contribution in [2.75, 3.05) is 0 Å². The Morgan fingerprint density at radius 3 is 1.28 bits per heavy atom. The van der Waals surface area contributed by atoms with Gasteiger partial charge in [0.05, 0.1) is 34.4 Å². The molecule has 7 rings (SSSR count). The number of nitrogens with zero attached hydrogens (tertiary/aromatic N) is 4. The Balaban J connectivity index is 1.59. The molecular formula is C38H32N4O4. The summed E-state index contributed by atoms with van der Waals surface area (Å²) in [6.07, 6.45) is 4.94. The van der Waals surface area contributed by atoms with Crippen molar-refractivity contribution in [2.45, 2.75) is 78.3 Å². The van der Waals surface area contributed by atoms with Gasteiger partial charge >= 0.3 is 0 Å². The van der Waals surface area contributed by atoms with Crippen molar-refractivity contribution >= 4 is 66.7 Å². The molecule has 0 fully saturated rings. The molecule has 0 aromatic heterocycles. The molecule has 2 aliphatic heterocycles. The normalized spacial score (nSPS) is 15.8. The Labute approximate surface area is 266 Å². The van der Waals surface area contributed by atoms with Crippen molar-refractivity contribution in [1.82, 2.24) is 9.80 Å². The maximum atomic E-state index is 14.0. The number of unbranched alkanes of at least 4 members (excludes halogenated alkanes) is 2. The summed E-state index contributed by atoms with van der Waals surface area (Å²) >= 11 is 0. The van der Waals surface area contributed by atoms with Gasteiger partial charge in [-0.2, -0.15) is 10.5 Å². The first-order valence-corrected chi connectivity index (χ1v) is 16.0. The van der Waals surface area contributed by atoms with Crippen LogP contribution in [0.25, 0.3) is 43.1 Å². The summed E-state index contributed by atoms with van der Waals surface area (Å²) in [5, 5.41) is 25.2. The molecule has 0 saturated carbocycles. The number of benzene rings is 5. The van der Waals surface area contributed by atoms with Gasteiger partial charge in [-0.15, -0.1) is 0 Å². The van der Waals surface area contributed by atoms with Crippen LogP contribution >= 0.6 is 0 Å². The molecule has 0 radical (unpaired) electrons. The minimum absolute atomic E-state index is 0.248. The number of rotatable bonds is 8. The molecule has 2 atom stereocenters. The highest BCUT2D eigenvalue weighted by Crippen LogP contribution is 2.48. The van der Waals surface area contributed by atoms with Gasteiger partial charge in [0, 0.05) is 55.5 Å². The third-order valence-electron chi connectivity index (χ3n) is 9.97. The zero-order chi connectivity index (χ0) is 32.6. The third-order valence-corrected chi connectivity index (χ3v) is 9.97. The lowest BCUT2D eigenvalue weighted by Gasteiger charge is -2.34. The van der Waals surface area contributed by atoms with Crippen LogP contribution in [-0.4, -0.2) is 45.5 Å². The number of hydrogen-bond donors (Lipinski definition) is 0. The van der Waals surface area contributed by atoms with Crippen LogP contribution in [-0.2, 0) is 0 Å². The maximum Gasteiger partial charge on any atom is 0.261 e. The largest absolute Gasteiger partial charge is 0.272 e. The second-order valence-electron chi connectivity index (χ2n) is 12.7. The fourth-order valence-corrected chi connectivity index (χ4v) is 7.74. The van der Waals surface area contributed by atoms with E-state index in [1.165, 1.54) is 9.80 Å². The van der Waals surface area contributed by atoms with E-state index in [1.807, 2.05) is 13.8 Å². The van der Waals surface area contributed by atoms with Gasteiger partial charge < -0.3 is 0 Å². The zero-order valence-electron chi connectivity index (χ0n) is 26.3. The Morgan fingerprint density at radius 2 is 0.935 bits per heavy atom. The van der Waals surface area contributed by atoms with E-state index in [1.54, 1.807) is 36.4 Å². The number of amides is 4. The number of fused-ring (bicyclic) bond motifs is 2. The molecular weight excluding hydrogens is 576 g/mol. The van der Waals surface area contributed by atoms with Crippen molar-refractivity contribution in [2.24, 2.45) is 0 Å². The van der Waals surface area contributed by atoms with E-state index in [0.29, 0.717) is 67.1 Å². The summed E-state index contributed by atoms with van der Waals surface area (Å²) < 4.78 is 0. The molecule has 228 valence electrons. The molecule has 8 heteroatoms. The number of imide groups is 2.